The predicted molar refractivity (Wildman–Crippen MR) is 79.0 cm³/mol. The second-order valence-electron chi connectivity index (χ2n) is 5.20. The monoisotopic (exact) mass is 264 g/mol. The highest BCUT2D eigenvalue weighted by Gasteiger charge is 2.21. The van der Waals surface area contributed by atoms with E-state index in [1.165, 1.54) is 43.4 Å². The molecule has 1 atom stereocenters. The number of aliphatic hydroxyl groups excluding tert-OH is 1. The molecule has 0 bridgehead atoms. The minimum atomic E-state index is -0.260. The zero-order chi connectivity index (χ0) is 12.8. The van der Waals surface area contributed by atoms with Crippen LogP contribution >= 0.6 is 11.8 Å². The smallest absolute Gasteiger partial charge is 0.0818 e. The van der Waals surface area contributed by atoms with Gasteiger partial charge in [0, 0.05) is 4.90 Å². The van der Waals surface area contributed by atoms with Gasteiger partial charge in [0.25, 0.3) is 0 Å². The molecule has 1 aliphatic carbocycles. The second-order valence-corrected chi connectivity index (χ2v) is 6.54. The van der Waals surface area contributed by atoms with Crippen molar-refractivity contribution in [2.45, 2.75) is 56.4 Å². The van der Waals surface area contributed by atoms with E-state index in [0.29, 0.717) is 5.92 Å². The van der Waals surface area contributed by atoms with Crippen LogP contribution in [-0.4, -0.2) is 10.9 Å². The molecule has 1 aromatic rings. The van der Waals surface area contributed by atoms with Gasteiger partial charge in [-0.05, 0) is 42.2 Å². The van der Waals surface area contributed by atoms with Gasteiger partial charge in [-0.25, -0.2) is 0 Å². The normalized spacial score (nSPS) is 19.4. The first-order chi connectivity index (χ1) is 8.81. The summed E-state index contributed by atoms with van der Waals surface area (Å²) in [5.41, 5.74) is 1.10. The third kappa shape index (κ3) is 3.76. The maximum atomic E-state index is 10.5. The molecule has 1 aliphatic rings. The van der Waals surface area contributed by atoms with Gasteiger partial charge >= 0.3 is 0 Å². The zero-order valence-corrected chi connectivity index (χ0v) is 12.1. The van der Waals surface area contributed by atoms with Gasteiger partial charge in [0.1, 0.15) is 0 Å². The fraction of sp³-hybridized carbons (Fsp3) is 0.625. The first-order valence-corrected chi connectivity index (χ1v) is 8.20. The Morgan fingerprint density at radius 1 is 1.11 bits per heavy atom. The van der Waals surface area contributed by atoms with E-state index in [4.69, 9.17) is 0 Å². The second kappa shape index (κ2) is 7.20. The summed E-state index contributed by atoms with van der Waals surface area (Å²) in [6, 6.07) is 8.49. The fourth-order valence-corrected chi connectivity index (χ4v) is 3.49. The summed E-state index contributed by atoms with van der Waals surface area (Å²) in [6.07, 6.45) is 7.37. The summed E-state index contributed by atoms with van der Waals surface area (Å²) >= 11 is 1.85. The number of hydrogen-bond acceptors (Lipinski definition) is 2. The third-order valence-corrected chi connectivity index (χ3v) is 4.77. The molecule has 0 amide bonds. The first-order valence-electron chi connectivity index (χ1n) is 7.22. The van der Waals surface area contributed by atoms with E-state index >= 15 is 0 Å². The van der Waals surface area contributed by atoms with Crippen LogP contribution < -0.4 is 0 Å². The number of hydrogen-bond donors (Lipinski definition) is 1. The Morgan fingerprint density at radius 3 is 2.28 bits per heavy atom. The molecule has 2 rings (SSSR count). The quantitative estimate of drug-likeness (QED) is 0.622. The Kier molecular flexibility index (Phi) is 5.58. The molecule has 0 aromatic heterocycles. The highest BCUT2D eigenvalue weighted by Crippen LogP contribution is 2.34. The summed E-state index contributed by atoms with van der Waals surface area (Å²) in [4.78, 5) is 1.30. The summed E-state index contributed by atoms with van der Waals surface area (Å²) in [6.45, 7) is 2.17. The largest absolute Gasteiger partial charge is 0.388 e. The van der Waals surface area contributed by atoms with Gasteiger partial charge in [-0.2, -0.15) is 0 Å². The van der Waals surface area contributed by atoms with Gasteiger partial charge in [0.2, 0.25) is 0 Å². The number of thioether (sulfide) groups is 1. The molecule has 1 unspecified atom stereocenters. The minimum absolute atomic E-state index is 0.260. The standard InChI is InChI=1S/C16H24OS/c1-2-18-15-11-9-14(10-12-15)16(17)13-7-5-3-4-6-8-13/h9-13,16-17H,2-8H2,1H3. The van der Waals surface area contributed by atoms with Crippen molar-refractivity contribution in [3.63, 3.8) is 0 Å². The molecule has 1 nitrogen and oxygen atoms in total. The molecular formula is C16H24OS. The van der Waals surface area contributed by atoms with Crippen molar-refractivity contribution in [3.8, 4) is 0 Å². The van der Waals surface area contributed by atoms with Gasteiger partial charge in [-0.1, -0.05) is 44.7 Å². The fourth-order valence-electron chi connectivity index (χ4n) is 2.83. The lowest BCUT2D eigenvalue weighted by molar-refractivity contribution is 0.0987. The molecule has 0 saturated heterocycles. The Balaban J connectivity index is 2.00. The van der Waals surface area contributed by atoms with Crippen molar-refractivity contribution in [3.05, 3.63) is 29.8 Å². The average molecular weight is 264 g/mol. The Morgan fingerprint density at radius 2 is 1.72 bits per heavy atom. The van der Waals surface area contributed by atoms with E-state index in [1.807, 2.05) is 11.8 Å². The minimum Gasteiger partial charge on any atom is -0.388 e. The molecule has 18 heavy (non-hydrogen) atoms. The van der Waals surface area contributed by atoms with Crippen LogP contribution in [0.2, 0.25) is 0 Å². The van der Waals surface area contributed by atoms with E-state index in [2.05, 4.69) is 31.2 Å². The van der Waals surface area contributed by atoms with E-state index < -0.39 is 0 Å². The van der Waals surface area contributed by atoms with E-state index in [1.54, 1.807) is 0 Å². The van der Waals surface area contributed by atoms with Crippen LogP contribution in [0, 0.1) is 5.92 Å². The first kappa shape index (κ1) is 14.0. The van der Waals surface area contributed by atoms with Crippen molar-refractivity contribution in [2.75, 3.05) is 5.75 Å². The van der Waals surface area contributed by atoms with Gasteiger partial charge in [0.15, 0.2) is 0 Å². The van der Waals surface area contributed by atoms with E-state index in [0.717, 1.165) is 11.3 Å². The van der Waals surface area contributed by atoms with Crippen LogP contribution in [0.4, 0.5) is 0 Å². The molecule has 0 radical (unpaired) electrons. The average Bonchev–Trinajstić information content (AvgIpc) is 2.68. The van der Waals surface area contributed by atoms with Crippen LogP contribution in [0.1, 0.15) is 57.1 Å². The molecule has 2 heteroatoms. The maximum absolute atomic E-state index is 10.5. The highest BCUT2D eigenvalue weighted by atomic mass is 32.2. The number of benzene rings is 1. The van der Waals surface area contributed by atoms with Crippen LogP contribution in [-0.2, 0) is 0 Å². The molecule has 1 saturated carbocycles. The Labute approximate surface area is 115 Å². The number of rotatable bonds is 4. The van der Waals surface area contributed by atoms with Gasteiger partial charge in [-0.15, -0.1) is 11.8 Å². The van der Waals surface area contributed by atoms with Crippen molar-refractivity contribution < 1.29 is 5.11 Å². The highest BCUT2D eigenvalue weighted by molar-refractivity contribution is 7.99. The van der Waals surface area contributed by atoms with E-state index in [-0.39, 0.29) is 6.10 Å². The van der Waals surface area contributed by atoms with Crippen molar-refractivity contribution in [2.24, 2.45) is 5.92 Å². The summed E-state index contributed by atoms with van der Waals surface area (Å²) in [5, 5.41) is 10.5. The van der Waals surface area contributed by atoms with Crippen molar-refractivity contribution in [1.29, 1.82) is 0 Å². The third-order valence-electron chi connectivity index (χ3n) is 3.88. The van der Waals surface area contributed by atoms with Crippen LogP contribution in [0.15, 0.2) is 29.2 Å². The summed E-state index contributed by atoms with van der Waals surface area (Å²) in [7, 11) is 0. The molecule has 100 valence electrons. The van der Waals surface area contributed by atoms with Gasteiger partial charge in [0.05, 0.1) is 6.10 Å². The summed E-state index contributed by atoms with van der Waals surface area (Å²) < 4.78 is 0. The lowest BCUT2D eigenvalue weighted by Crippen LogP contribution is -2.11. The van der Waals surface area contributed by atoms with E-state index in [9.17, 15) is 5.11 Å². The molecule has 0 spiro atoms. The molecule has 0 aliphatic heterocycles. The topological polar surface area (TPSA) is 20.2 Å². The van der Waals surface area contributed by atoms with Crippen molar-refractivity contribution >= 4 is 11.8 Å². The van der Waals surface area contributed by atoms with Crippen LogP contribution in [0.25, 0.3) is 0 Å². The zero-order valence-electron chi connectivity index (χ0n) is 11.3. The molecule has 1 fully saturated rings. The lowest BCUT2D eigenvalue weighted by Gasteiger charge is -2.21. The lowest BCUT2D eigenvalue weighted by atomic mass is 9.89. The van der Waals surface area contributed by atoms with Crippen LogP contribution in [0.5, 0.6) is 0 Å². The number of aliphatic hydroxyl groups is 1. The maximum Gasteiger partial charge on any atom is 0.0818 e. The van der Waals surface area contributed by atoms with Crippen LogP contribution in [0.3, 0.4) is 0 Å². The molecule has 0 heterocycles. The Hall–Kier alpha value is -0.470. The summed E-state index contributed by atoms with van der Waals surface area (Å²) in [5.74, 6) is 1.57. The van der Waals surface area contributed by atoms with Crippen molar-refractivity contribution in [1.82, 2.24) is 0 Å². The van der Waals surface area contributed by atoms with Gasteiger partial charge < -0.3 is 5.11 Å². The molecular weight excluding hydrogens is 240 g/mol. The van der Waals surface area contributed by atoms with Gasteiger partial charge in [-0.3, -0.25) is 0 Å². The SMILES string of the molecule is CCSc1ccc(C(O)C2CCCCCC2)cc1. The molecule has 1 N–H and O–H groups in total. The predicted octanol–water partition coefficient (Wildman–Crippen LogP) is 4.80. The Bertz CT molecular complexity index is 339. The molecule has 1 aromatic carbocycles.